The highest BCUT2D eigenvalue weighted by Crippen LogP contribution is 2.26. The minimum atomic E-state index is -0.227. The van der Waals surface area contributed by atoms with Gasteiger partial charge in [-0.15, -0.1) is 0 Å². The fourth-order valence-corrected chi connectivity index (χ4v) is 4.38. The molecular weight excluding hydrogens is 406 g/mol. The summed E-state index contributed by atoms with van der Waals surface area (Å²) in [5.41, 5.74) is 1.83. The van der Waals surface area contributed by atoms with Gasteiger partial charge in [0.05, 0.1) is 24.9 Å². The van der Waals surface area contributed by atoms with Crippen LogP contribution in [0.15, 0.2) is 30.5 Å². The first kappa shape index (κ1) is 22.2. The van der Waals surface area contributed by atoms with Gasteiger partial charge < -0.3 is 15.0 Å². The highest BCUT2D eigenvalue weighted by molar-refractivity contribution is 6.04. The van der Waals surface area contributed by atoms with Crippen molar-refractivity contribution in [1.82, 2.24) is 19.8 Å². The van der Waals surface area contributed by atoms with Gasteiger partial charge in [-0.1, -0.05) is 0 Å². The van der Waals surface area contributed by atoms with E-state index in [9.17, 15) is 9.59 Å². The number of carbonyl (C=O) groups is 2. The summed E-state index contributed by atoms with van der Waals surface area (Å²) >= 11 is 0. The van der Waals surface area contributed by atoms with Crippen LogP contribution in [-0.4, -0.2) is 71.4 Å². The fraction of sp³-hybridized carbons (Fsp3) is 0.500. The number of nitrogens with zero attached hydrogens (tertiary/aromatic N) is 4. The maximum Gasteiger partial charge on any atom is 0.259 e. The molecule has 32 heavy (non-hydrogen) atoms. The van der Waals surface area contributed by atoms with Crippen LogP contribution in [0.3, 0.4) is 0 Å². The fourth-order valence-electron chi connectivity index (χ4n) is 4.38. The molecule has 0 aliphatic carbocycles. The van der Waals surface area contributed by atoms with Crippen molar-refractivity contribution in [3.8, 4) is 5.75 Å². The minimum Gasteiger partial charge on any atom is -0.497 e. The van der Waals surface area contributed by atoms with Gasteiger partial charge in [0, 0.05) is 30.9 Å². The van der Waals surface area contributed by atoms with Crippen LogP contribution >= 0.6 is 0 Å². The van der Waals surface area contributed by atoms with E-state index in [1.807, 2.05) is 11.8 Å². The van der Waals surface area contributed by atoms with Crippen LogP contribution in [0.4, 0.5) is 5.69 Å². The summed E-state index contributed by atoms with van der Waals surface area (Å²) in [7, 11) is 1.60. The first-order valence-electron chi connectivity index (χ1n) is 11.3. The lowest BCUT2D eigenvalue weighted by atomic mass is 9.95. The number of nitrogens with one attached hydrogen (secondary N) is 1. The third-order valence-corrected chi connectivity index (χ3v) is 6.36. The van der Waals surface area contributed by atoms with Crippen molar-refractivity contribution in [1.29, 1.82) is 0 Å². The highest BCUT2D eigenvalue weighted by Gasteiger charge is 2.26. The minimum absolute atomic E-state index is 0.227. The lowest BCUT2D eigenvalue weighted by Crippen LogP contribution is -2.42. The number of benzene rings is 1. The summed E-state index contributed by atoms with van der Waals surface area (Å²) in [5, 5.41) is 2.88. The molecule has 170 valence electrons. The number of rotatable bonds is 6. The molecule has 2 fully saturated rings. The van der Waals surface area contributed by atoms with E-state index in [4.69, 9.17) is 4.74 Å². The van der Waals surface area contributed by atoms with Gasteiger partial charge in [0.25, 0.3) is 5.91 Å². The Bertz CT molecular complexity index is 949. The van der Waals surface area contributed by atoms with E-state index in [2.05, 4.69) is 20.2 Å². The molecule has 1 N–H and O–H groups in total. The van der Waals surface area contributed by atoms with E-state index in [1.165, 1.54) is 0 Å². The number of amides is 2. The molecule has 0 saturated carbocycles. The number of likely N-dealkylation sites (tertiary alicyclic amines) is 2. The topological polar surface area (TPSA) is 87.7 Å². The Hall–Kier alpha value is -3.00. The van der Waals surface area contributed by atoms with Crippen LogP contribution in [0.1, 0.15) is 53.5 Å². The van der Waals surface area contributed by atoms with Gasteiger partial charge in [-0.3, -0.25) is 14.5 Å². The Labute approximate surface area is 189 Å². The second-order valence-corrected chi connectivity index (χ2v) is 8.55. The van der Waals surface area contributed by atoms with Crippen molar-refractivity contribution in [2.75, 3.05) is 45.2 Å². The van der Waals surface area contributed by atoms with Crippen molar-refractivity contribution in [3.63, 3.8) is 0 Å². The molecule has 0 spiro atoms. The number of ether oxygens (including phenoxy) is 1. The van der Waals surface area contributed by atoms with Crippen LogP contribution < -0.4 is 10.1 Å². The maximum absolute atomic E-state index is 12.7. The molecule has 0 atom stereocenters. The standard InChI is InChI=1S/C24H31N5O3/c1-17-21(24(31)27-19-5-7-20(32-2)8-6-19)15-25-23(26-17)18-9-13-28(14-10-18)16-22(30)29-11-3-4-12-29/h5-8,15,18H,3-4,9-14,16H2,1-2H3,(H,27,31). The maximum atomic E-state index is 12.7. The molecule has 4 rings (SSSR count). The number of aromatic nitrogens is 2. The summed E-state index contributed by atoms with van der Waals surface area (Å²) in [6.07, 6.45) is 5.71. The molecule has 2 aliphatic rings. The number of piperidine rings is 1. The number of carbonyl (C=O) groups excluding carboxylic acids is 2. The zero-order chi connectivity index (χ0) is 22.5. The van der Waals surface area contributed by atoms with Crippen molar-refractivity contribution in [2.24, 2.45) is 0 Å². The average Bonchev–Trinajstić information content (AvgIpc) is 3.35. The SMILES string of the molecule is COc1ccc(NC(=O)c2cnc(C3CCN(CC(=O)N4CCCC4)CC3)nc2C)cc1. The molecule has 0 radical (unpaired) electrons. The molecular formula is C24H31N5O3. The molecule has 0 unspecified atom stereocenters. The number of anilines is 1. The molecule has 3 heterocycles. The Morgan fingerprint density at radius 1 is 1.09 bits per heavy atom. The number of aryl methyl sites for hydroxylation is 1. The average molecular weight is 438 g/mol. The molecule has 2 aliphatic heterocycles. The van der Waals surface area contributed by atoms with Gasteiger partial charge in [0.2, 0.25) is 5.91 Å². The first-order valence-corrected chi connectivity index (χ1v) is 11.3. The molecule has 2 saturated heterocycles. The second-order valence-electron chi connectivity index (χ2n) is 8.55. The van der Waals surface area contributed by atoms with Gasteiger partial charge >= 0.3 is 0 Å². The van der Waals surface area contributed by atoms with Crippen LogP contribution in [0.25, 0.3) is 0 Å². The molecule has 2 aromatic rings. The Balaban J connectivity index is 1.32. The largest absolute Gasteiger partial charge is 0.497 e. The third-order valence-electron chi connectivity index (χ3n) is 6.36. The molecule has 1 aromatic heterocycles. The van der Waals surface area contributed by atoms with Crippen LogP contribution in [0, 0.1) is 6.92 Å². The van der Waals surface area contributed by atoms with E-state index in [0.717, 1.165) is 63.4 Å². The van der Waals surface area contributed by atoms with Crippen LogP contribution in [0.2, 0.25) is 0 Å². The predicted molar refractivity (Wildman–Crippen MR) is 122 cm³/mol. The second kappa shape index (κ2) is 10.1. The quantitative estimate of drug-likeness (QED) is 0.748. The van der Waals surface area contributed by atoms with Crippen molar-refractivity contribution >= 4 is 17.5 Å². The molecule has 1 aromatic carbocycles. The first-order chi connectivity index (χ1) is 15.5. The molecule has 2 amide bonds. The number of methoxy groups -OCH3 is 1. The van der Waals surface area contributed by atoms with Crippen molar-refractivity contribution < 1.29 is 14.3 Å². The van der Waals surface area contributed by atoms with E-state index in [0.29, 0.717) is 23.5 Å². The van der Waals surface area contributed by atoms with Crippen LogP contribution in [-0.2, 0) is 4.79 Å². The summed E-state index contributed by atoms with van der Waals surface area (Å²) in [5.74, 6) is 1.80. The summed E-state index contributed by atoms with van der Waals surface area (Å²) in [4.78, 5) is 38.4. The summed E-state index contributed by atoms with van der Waals surface area (Å²) in [6.45, 7) is 5.90. The third kappa shape index (κ3) is 5.24. The van der Waals surface area contributed by atoms with E-state index in [1.54, 1.807) is 37.6 Å². The molecule has 8 nitrogen and oxygen atoms in total. The van der Waals surface area contributed by atoms with Gasteiger partial charge in [-0.25, -0.2) is 9.97 Å². The zero-order valence-corrected chi connectivity index (χ0v) is 18.8. The number of hydrogen-bond acceptors (Lipinski definition) is 6. The zero-order valence-electron chi connectivity index (χ0n) is 18.8. The van der Waals surface area contributed by atoms with Gasteiger partial charge in [0.1, 0.15) is 11.6 Å². The summed E-state index contributed by atoms with van der Waals surface area (Å²) < 4.78 is 5.14. The molecule has 8 heteroatoms. The Morgan fingerprint density at radius 2 is 1.78 bits per heavy atom. The summed E-state index contributed by atoms with van der Waals surface area (Å²) in [6, 6.07) is 7.19. The predicted octanol–water partition coefficient (Wildman–Crippen LogP) is 2.85. The van der Waals surface area contributed by atoms with E-state index < -0.39 is 0 Å². The lowest BCUT2D eigenvalue weighted by molar-refractivity contribution is -0.131. The monoisotopic (exact) mass is 437 g/mol. The van der Waals surface area contributed by atoms with E-state index in [-0.39, 0.29) is 17.7 Å². The van der Waals surface area contributed by atoms with E-state index >= 15 is 0 Å². The van der Waals surface area contributed by atoms with Crippen LogP contribution in [0.5, 0.6) is 5.75 Å². The van der Waals surface area contributed by atoms with Crippen molar-refractivity contribution in [3.05, 3.63) is 47.5 Å². The highest BCUT2D eigenvalue weighted by atomic mass is 16.5. The Morgan fingerprint density at radius 3 is 2.41 bits per heavy atom. The van der Waals surface area contributed by atoms with Gasteiger partial charge in [-0.2, -0.15) is 0 Å². The lowest BCUT2D eigenvalue weighted by Gasteiger charge is -2.31. The molecule has 0 bridgehead atoms. The van der Waals surface area contributed by atoms with Crippen molar-refractivity contribution in [2.45, 2.75) is 38.5 Å². The number of hydrogen-bond donors (Lipinski definition) is 1. The Kier molecular flexibility index (Phi) is 6.99. The normalized spacial score (nSPS) is 17.4. The smallest absolute Gasteiger partial charge is 0.259 e. The van der Waals surface area contributed by atoms with Gasteiger partial charge in [-0.05, 0) is 70.0 Å². The van der Waals surface area contributed by atoms with Gasteiger partial charge in [0.15, 0.2) is 0 Å².